The molecule has 3 heterocycles. The average Bonchev–Trinajstić information content (AvgIpc) is 3.36. The Morgan fingerprint density at radius 2 is 2.19 bits per heavy atom. The highest BCUT2D eigenvalue weighted by molar-refractivity contribution is 5.80. The summed E-state index contributed by atoms with van der Waals surface area (Å²) in [7, 11) is 1.69. The van der Waals surface area contributed by atoms with E-state index in [2.05, 4.69) is 22.3 Å². The highest BCUT2D eigenvalue weighted by Gasteiger charge is 2.41. The van der Waals surface area contributed by atoms with Crippen LogP contribution in [0.5, 0.6) is 5.75 Å². The Kier molecular flexibility index (Phi) is 5.45. The van der Waals surface area contributed by atoms with Gasteiger partial charge in [0.2, 0.25) is 5.91 Å². The van der Waals surface area contributed by atoms with Gasteiger partial charge < -0.3 is 19.2 Å². The van der Waals surface area contributed by atoms with Gasteiger partial charge in [-0.1, -0.05) is 12.1 Å². The van der Waals surface area contributed by atoms with Crippen molar-refractivity contribution in [2.75, 3.05) is 13.7 Å². The van der Waals surface area contributed by atoms with E-state index < -0.39 is 0 Å². The molecule has 1 N–H and O–H groups in total. The zero-order chi connectivity index (χ0) is 18.6. The molecule has 1 aromatic heterocycles. The monoisotopic (exact) mass is 370 g/mol. The second kappa shape index (κ2) is 8.15. The molecule has 144 valence electrons. The largest absolute Gasteiger partial charge is 0.497 e. The van der Waals surface area contributed by atoms with Crippen molar-refractivity contribution in [3.63, 3.8) is 0 Å². The van der Waals surface area contributed by atoms with Gasteiger partial charge in [-0.25, -0.2) is 0 Å². The molecule has 6 nitrogen and oxygen atoms in total. The van der Waals surface area contributed by atoms with Crippen molar-refractivity contribution in [3.05, 3.63) is 54.0 Å². The van der Waals surface area contributed by atoms with Crippen LogP contribution in [0, 0.1) is 0 Å². The first-order valence-corrected chi connectivity index (χ1v) is 9.55. The Balaban J connectivity index is 1.30. The molecule has 2 aromatic rings. The van der Waals surface area contributed by atoms with Gasteiger partial charge in [-0.05, 0) is 49.1 Å². The fourth-order valence-corrected chi connectivity index (χ4v) is 4.11. The molecule has 6 heteroatoms. The van der Waals surface area contributed by atoms with Crippen LogP contribution >= 0.6 is 0 Å². The Labute approximate surface area is 159 Å². The van der Waals surface area contributed by atoms with Crippen LogP contribution in [-0.2, 0) is 22.6 Å². The van der Waals surface area contributed by atoms with Crippen molar-refractivity contribution < 1.29 is 18.7 Å². The predicted octanol–water partition coefficient (Wildman–Crippen LogP) is 2.73. The number of methoxy groups -OCH3 is 1. The minimum absolute atomic E-state index is 0.0453. The van der Waals surface area contributed by atoms with Crippen molar-refractivity contribution in [3.8, 4) is 5.75 Å². The number of carbonyl (C=O) groups is 1. The van der Waals surface area contributed by atoms with Crippen LogP contribution in [0.4, 0.5) is 0 Å². The van der Waals surface area contributed by atoms with Gasteiger partial charge in [0.1, 0.15) is 17.6 Å². The first-order valence-electron chi connectivity index (χ1n) is 9.55. The van der Waals surface area contributed by atoms with E-state index in [1.165, 1.54) is 5.56 Å². The van der Waals surface area contributed by atoms with Gasteiger partial charge in [-0.2, -0.15) is 0 Å². The van der Waals surface area contributed by atoms with Crippen LogP contribution in [-0.4, -0.2) is 42.7 Å². The van der Waals surface area contributed by atoms with Crippen LogP contribution in [0.2, 0.25) is 0 Å². The smallest absolute Gasteiger partial charge is 0.249 e. The predicted molar refractivity (Wildman–Crippen MR) is 100 cm³/mol. The minimum Gasteiger partial charge on any atom is -0.497 e. The van der Waals surface area contributed by atoms with Gasteiger partial charge in [-0.3, -0.25) is 9.69 Å². The molecule has 4 rings (SSSR count). The number of furan rings is 1. The van der Waals surface area contributed by atoms with E-state index in [-0.39, 0.29) is 18.1 Å². The number of nitrogens with one attached hydrogen (secondary N) is 1. The molecule has 0 unspecified atom stereocenters. The van der Waals surface area contributed by atoms with Crippen molar-refractivity contribution in [2.45, 2.75) is 50.6 Å². The number of rotatable bonds is 6. The maximum atomic E-state index is 12.4. The Bertz CT molecular complexity index is 761. The molecule has 0 aliphatic carbocycles. The number of benzene rings is 1. The lowest BCUT2D eigenvalue weighted by molar-refractivity contribution is -0.144. The fourth-order valence-electron chi connectivity index (χ4n) is 4.11. The van der Waals surface area contributed by atoms with Gasteiger partial charge in [-0.15, -0.1) is 0 Å². The van der Waals surface area contributed by atoms with E-state index in [0.29, 0.717) is 12.6 Å². The number of likely N-dealkylation sites (tertiary alicyclic amines) is 1. The van der Waals surface area contributed by atoms with Crippen LogP contribution in [0.3, 0.4) is 0 Å². The highest BCUT2D eigenvalue weighted by atomic mass is 16.5. The number of hydrogen-bond acceptors (Lipinski definition) is 5. The number of carbonyl (C=O) groups excluding carboxylic acids is 1. The summed E-state index contributed by atoms with van der Waals surface area (Å²) in [6.07, 6.45) is 4.07. The van der Waals surface area contributed by atoms with Gasteiger partial charge in [0, 0.05) is 19.1 Å². The Morgan fingerprint density at radius 1 is 1.26 bits per heavy atom. The third-order valence-corrected chi connectivity index (χ3v) is 5.49. The van der Waals surface area contributed by atoms with Crippen molar-refractivity contribution >= 4 is 5.91 Å². The van der Waals surface area contributed by atoms with E-state index in [0.717, 1.165) is 43.9 Å². The maximum absolute atomic E-state index is 12.4. The first-order chi connectivity index (χ1) is 13.2. The molecule has 1 aromatic carbocycles. The van der Waals surface area contributed by atoms with Crippen LogP contribution in [0.25, 0.3) is 0 Å². The van der Waals surface area contributed by atoms with Gasteiger partial charge in [0.25, 0.3) is 0 Å². The summed E-state index contributed by atoms with van der Waals surface area (Å²) in [5, 5.41) is 2.91. The van der Waals surface area contributed by atoms with E-state index >= 15 is 0 Å². The zero-order valence-electron chi connectivity index (χ0n) is 15.6. The zero-order valence-corrected chi connectivity index (χ0v) is 15.6. The molecular weight excluding hydrogens is 344 g/mol. The van der Waals surface area contributed by atoms with Gasteiger partial charge in [0.05, 0.1) is 26.0 Å². The molecule has 27 heavy (non-hydrogen) atoms. The normalized spacial score (nSPS) is 25.1. The lowest BCUT2D eigenvalue weighted by Crippen LogP contribution is -2.47. The Morgan fingerprint density at radius 3 is 3.00 bits per heavy atom. The van der Waals surface area contributed by atoms with Crippen molar-refractivity contribution in [1.29, 1.82) is 0 Å². The van der Waals surface area contributed by atoms with E-state index in [1.807, 2.05) is 24.3 Å². The maximum Gasteiger partial charge on any atom is 0.249 e. The SMILES string of the molecule is COc1cccc(CN2CC[C@H]3O[C@H](C(=O)NCc4ccco4)CC[C@H]32)c1. The third kappa shape index (κ3) is 4.17. The molecule has 0 radical (unpaired) electrons. The first kappa shape index (κ1) is 18.1. The molecule has 0 bridgehead atoms. The fraction of sp³-hybridized carbons (Fsp3) is 0.476. The molecule has 2 fully saturated rings. The minimum atomic E-state index is -0.363. The van der Waals surface area contributed by atoms with E-state index in [1.54, 1.807) is 13.4 Å². The van der Waals surface area contributed by atoms with Gasteiger partial charge in [0.15, 0.2) is 0 Å². The number of nitrogens with zero attached hydrogens (tertiary/aromatic N) is 1. The second-order valence-electron chi connectivity index (χ2n) is 7.22. The summed E-state index contributed by atoms with van der Waals surface area (Å²) in [5.74, 6) is 1.59. The summed E-state index contributed by atoms with van der Waals surface area (Å²) in [5.41, 5.74) is 1.24. The lowest BCUT2D eigenvalue weighted by Gasteiger charge is -2.35. The summed E-state index contributed by atoms with van der Waals surface area (Å²) in [6.45, 7) is 2.28. The average molecular weight is 370 g/mol. The molecule has 2 saturated heterocycles. The van der Waals surface area contributed by atoms with Crippen molar-refractivity contribution in [1.82, 2.24) is 10.2 Å². The topological polar surface area (TPSA) is 63.9 Å². The third-order valence-electron chi connectivity index (χ3n) is 5.49. The van der Waals surface area contributed by atoms with E-state index in [9.17, 15) is 4.79 Å². The number of hydrogen-bond donors (Lipinski definition) is 1. The molecule has 0 saturated carbocycles. The summed E-state index contributed by atoms with van der Waals surface area (Å²) >= 11 is 0. The summed E-state index contributed by atoms with van der Waals surface area (Å²) < 4.78 is 16.7. The lowest BCUT2D eigenvalue weighted by atomic mass is 9.98. The standard InChI is InChI=1S/C21H26N2O4/c1-25-16-5-2-4-15(12-16)14-23-10-9-19-18(23)7-8-20(27-19)21(24)22-13-17-6-3-11-26-17/h2-6,11-12,18-20H,7-10,13-14H2,1H3,(H,22,24)/t18-,19-,20+/m1/s1. The van der Waals surface area contributed by atoms with Crippen LogP contribution < -0.4 is 10.1 Å². The number of ether oxygens (including phenoxy) is 2. The molecule has 3 atom stereocenters. The van der Waals surface area contributed by atoms with E-state index in [4.69, 9.17) is 13.9 Å². The number of fused-ring (bicyclic) bond motifs is 1. The molecular formula is C21H26N2O4. The quantitative estimate of drug-likeness (QED) is 0.847. The second-order valence-corrected chi connectivity index (χ2v) is 7.22. The van der Waals surface area contributed by atoms with Crippen molar-refractivity contribution in [2.24, 2.45) is 0 Å². The summed E-state index contributed by atoms with van der Waals surface area (Å²) in [6, 6.07) is 12.3. The van der Waals surface area contributed by atoms with Crippen LogP contribution in [0.1, 0.15) is 30.6 Å². The molecule has 0 spiro atoms. The molecule has 2 aliphatic rings. The highest BCUT2D eigenvalue weighted by Crippen LogP contribution is 2.33. The van der Waals surface area contributed by atoms with Gasteiger partial charge >= 0.3 is 0 Å². The molecule has 1 amide bonds. The summed E-state index contributed by atoms with van der Waals surface area (Å²) in [4.78, 5) is 14.9. The number of amides is 1. The molecule has 2 aliphatic heterocycles. The van der Waals surface area contributed by atoms with Crippen LogP contribution in [0.15, 0.2) is 47.1 Å². The Hall–Kier alpha value is -2.31.